The molecule has 104 valence electrons. The molecule has 0 bridgehead atoms. The van der Waals surface area contributed by atoms with E-state index in [4.69, 9.17) is 0 Å². The largest absolute Gasteiger partial charge is 0.322 e. The van der Waals surface area contributed by atoms with Crippen LogP contribution in [0.1, 0.15) is 34.5 Å². The van der Waals surface area contributed by atoms with E-state index in [1.807, 2.05) is 44.3 Å². The van der Waals surface area contributed by atoms with Crippen molar-refractivity contribution in [2.75, 3.05) is 12.4 Å². The zero-order valence-corrected chi connectivity index (χ0v) is 12.0. The summed E-state index contributed by atoms with van der Waals surface area (Å²) in [5, 5.41) is 6.08. The van der Waals surface area contributed by atoms with Crippen LogP contribution in [-0.2, 0) is 0 Å². The highest BCUT2D eigenvalue weighted by molar-refractivity contribution is 6.04. The minimum Gasteiger partial charge on any atom is -0.322 e. The van der Waals surface area contributed by atoms with Crippen molar-refractivity contribution < 1.29 is 4.79 Å². The lowest BCUT2D eigenvalue weighted by Gasteiger charge is -2.12. The normalized spacial score (nSPS) is 11.9. The van der Waals surface area contributed by atoms with Crippen LogP contribution in [0.3, 0.4) is 0 Å². The van der Waals surface area contributed by atoms with Gasteiger partial charge < -0.3 is 10.6 Å². The molecule has 1 amide bonds. The van der Waals surface area contributed by atoms with Gasteiger partial charge in [0.15, 0.2) is 0 Å². The lowest BCUT2D eigenvalue weighted by Crippen LogP contribution is -2.15. The molecule has 0 spiro atoms. The van der Waals surface area contributed by atoms with E-state index in [1.165, 1.54) is 0 Å². The Hall–Kier alpha value is -2.20. The van der Waals surface area contributed by atoms with Gasteiger partial charge in [0.1, 0.15) is 0 Å². The van der Waals surface area contributed by atoms with Crippen LogP contribution in [0.2, 0.25) is 0 Å². The molecule has 1 unspecified atom stereocenters. The summed E-state index contributed by atoms with van der Waals surface area (Å²) in [6, 6.07) is 9.89. The molecular weight excluding hydrogens is 250 g/mol. The van der Waals surface area contributed by atoms with Crippen molar-refractivity contribution in [2.24, 2.45) is 0 Å². The summed E-state index contributed by atoms with van der Waals surface area (Å²) in [6.07, 6.45) is 3.30. The number of pyridine rings is 1. The standard InChI is InChI=1S/C16H19N3O/c1-11-7-14(10-18-9-11)16(20)19-15-6-4-5-13(8-15)12(2)17-3/h4-10,12,17H,1-3H3,(H,19,20). The molecule has 0 saturated heterocycles. The second-order valence-electron chi connectivity index (χ2n) is 4.84. The minimum absolute atomic E-state index is 0.143. The van der Waals surface area contributed by atoms with E-state index >= 15 is 0 Å². The van der Waals surface area contributed by atoms with Crippen molar-refractivity contribution in [1.82, 2.24) is 10.3 Å². The van der Waals surface area contributed by atoms with Crippen LogP contribution in [0.5, 0.6) is 0 Å². The SMILES string of the molecule is CNC(C)c1cccc(NC(=O)c2cncc(C)c2)c1. The summed E-state index contributed by atoms with van der Waals surface area (Å²) >= 11 is 0. The number of nitrogens with zero attached hydrogens (tertiary/aromatic N) is 1. The first-order valence-corrected chi connectivity index (χ1v) is 6.60. The summed E-state index contributed by atoms with van der Waals surface area (Å²) in [4.78, 5) is 16.2. The van der Waals surface area contributed by atoms with Gasteiger partial charge in [-0.3, -0.25) is 9.78 Å². The Morgan fingerprint density at radius 2 is 2.05 bits per heavy atom. The number of hydrogen-bond donors (Lipinski definition) is 2. The Morgan fingerprint density at radius 1 is 1.25 bits per heavy atom. The molecule has 0 fully saturated rings. The molecule has 2 N–H and O–H groups in total. The summed E-state index contributed by atoms with van der Waals surface area (Å²) in [5.74, 6) is -0.143. The van der Waals surface area contributed by atoms with Crippen molar-refractivity contribution in [3.63, 3.8) is 0 Å². The smallest absolute Gasteiger partial charge is 0.257 e. The van der Waals surface area contributed by atoms with Crippen molar-refractivity contribution >= 4 is 11.6 Å². The highest BCUT2D eigenvalue weighted by atomic mass is 16.1. The van der Waals surface area contributed by atoms with E-state index in [-0.39, 0.29) is 11.9 Å². The Kier molecular flexibility index (Phi) is 4.48. The quantitative estimate of drug-likeness (QED) is 0.897. The van der Waals surface area contributed by atoms with Crippen molar-refractivity contribution in [3.05, 3.63) is 59.4 Å². The number of aryl methyl sites for hydroxylation is 1. The van der Waals surface area contributed by atoms with Crippen LogP contribution >= 0.6 is 0 Å². The third-order valence-corrected chi connectivity index (χ3v) is 3.21. The van der Waals surface area contributed by atoms with Gasteiger partial charge in [0.25, 0.3) is 5.91 Å². The number of benzene rings is 1. The Balaban J connectivity index is 2.16. The Bertz CT molecular complexity index is 610. The molecule has 0 aliphatic heterocycles. The molecule has 0 aliphatic carbocycles. The zero-order chi connectivity index (χ0) is 14.5. The number of anilines is 1. The van der Waals surface area contributed by atoms with Gasteiger partial charge in [-0.1, -0.05) is 12.1 Å². The van der Waals surface area contributed by atoms with E-state index in [0.29, 0.717) is 5.56 Å². The second-order valence-corrected chi connectivity index (χ2v) is 4.84. The lowest BCUT2D eigenvalue weighted by molar-refractivity contribution is 0.102. The number of hydrogen-bond acceptors (Lipinski definition) is 3. The first-order chi connectivity index (χ1) is 9.60. The van der Waals surface area contributed by atoms with Gasteiger partial charge in [0, 0.05) is 24.1 Å². The highest BCUT2D eigenvalue weighted by Gasteiger charge is 2.08. The van der Waals surface area contributed by atoms with Gasteiger partial charge in [-0.15, -0.1) is 0 Å². The number of rotatable bonds is 4. The fourth-order valence-corrected chi connectivity index (χ4v) is 1.93. The summed E-state index contributed by atoms with van der Waals surface area (Å²) in [5.41, 5.74) is 3.45. The van der Waals surface area contributed by atoms with E-state index in [9.17, 15) is 4.79 Å². The van der Waals surface area contributed by atoms with E-state index < -0.39 is 0 Å². The molecule has 0 radical (unpaired) electrons. The monoisotopic (exact) mass is 269 g/mol. The van der Waals surface area contributed by atoms with Gasteiger partial charge in [-0.25, -0.2) is 0 Å². The van der Waals surface area contributed by atoms with Crippen LogP contribution in [0.15, 0.2) is 42.7 Å². The predicted molar refractivity (Wildman–Crippen MR) is 80.8 cm³/mol. The maximum absolute atomic E-state index is 12.2. The average Bonchev–Trinajstić information content (AvgIpc) is 2.46. The van der Waals surface area contributed by atoms with E-state index in [0.717, 1.165) is 16.8 Å². The highest BCUT2D eigenvalue weighted by Crippen LogP contribution is 2.17. The van der Waals surface area contributed by atoms with Crippen molar-refractivity contribution in [2.45, 2.75) is 19.9 Å². The fraction of sp³-hybridized carbons (Fsp3) is 0.250. The average molecular weight is 269 g/mol. The third-order valence-electron chi connectivity index (χ3n) is 3.21. The van der Waals surface area contributed by atoms with Crippen molar-refractivity contribution in [1.29, 1.82) is 0 Å². The first-order valence-electron chi connectivity index (χ1n) is 6.60. The second kappa shape index (κ2) is 6.30. The molecule has 1 atom stereocenters. The molecule has 0 aliphatic rings. The molecule has 1 aromatic carbocycles. The van der Waals surface area contributed by atoms with Gasteiger partial charge in [0.2, 0.25) is 0 Å². The van der Waals surface area contributed by atoms with Gasteiger partial charge in [-0.05, 0) is 50.2 Å². The molecule has 1 aromatic heterocycles. The van der Waals surface area contributed by atoms with Gasteiger partial charge in [-0.2, -0.15) is 0 Å². The minimum atomic E-state index is -0.143. The lowest BCUT2D eigenvalue weighted by atomic mass is 10.1. The number of carbonyl (C=O) groups is 1. The molecule has 2 aromatic rings. The molecule has 0 saturated carbocycles. The predicted octanol–water partition coefficient (Wildman–Crippen LogP) is 2.92. The first kappa shape index (κ1) is 14.2. The van der Waals surface area contributed by atoms with Crippen LogP contribution < -0.4 is 10.6 Å². The molecular formula is C16H19N3O. The van der Waals surface area contributed by atoms with Crippen molar-refractivity contribution in [3.8, 4) is 0 Å². The maximum Gasteiger partial charge on any atom is 0.257 e. The van der Waals surface area contributed by atoms with Crippen LogP contribution in [-0.4, -0.2) is 17.9 Å². The van der Waals surface area contributed by atoms with Gasteiger partial charge >= 0.3 is 0 Å². The topological polar surface area (TPSA) is 54.0 Å². The van der Waals surface area contributed by atoms with E-state index in [1.54, 1.807) is 12.4 Å². The molecule has 4 nitrogen and oxygen atoms in total. The fourth-order valence-electron chi connectivity index (χ4n) is 1.93. The zero-order valence-electron chi connectivity index (χ0n) is 12.0. The summed E-state index contributed by atoms with van der Waals surface area (Å²) in [7, 11) is 1.91. The Morgan fingerprint density at radius 3 is 2.75 bits per heavy atom. The van der Waals surface area contributed by atoms with Crippen LogP contribution in [0.4, 0.5) is 5.69 Å². The number of aromatic nitrogens is 1. The Labute approximate surface area is 119 Å². The molecule has 2 rings (SSSR count). The summed E-state index contributed by atoms with van der Waals surface area (Å²) < 4.78 is 0. The number of amides is 1. The number of nitrogens with one attached hydrogen (secondary N) is 2. The maximum atomic E-state index is 12.2. The van der Waals surface area contributed by atoms with Crippen LogP contribution in [0, 0.1) is 6.92 Å². The molecule has 1 heterocycles. The molecule has 4 heteroatoms. The summed E-state index contributed by atoms with van der Waals surface area (Å²) in [6.45, 7) is 3.99. The third kappa shape index (κ3) is 3.42. The van der Waals surface area contributed by atoms with Gasteiger partial charge in [0.05, 0.1) is 5.56 Å². The number of carbonyl (C=O) groups excluding carboxylic acids is 1. The van der Waals surface area contributed by atoms with Crippen LogP contribution in [0.25, 0.3) is 0 Å². The van der Waals surface area contributed by atoms with E-state index in [2.05, 4.69) is 22.5 Å². The molecule has 20 heavy (non-hydrogen) atoms.